The predicted octanol–water partition coefficient (Wildman–Crippen LogP) is 39.5. The molecule has 0 saturated carbocycles. The highest BCUT2D eigenvalue weighted by atomic mass is 15.2. The maximum atomic E-state index is 2.48. The molecule has 0 fully saturated rings. The minimum atomic E-state index is 1.08. The van der Waals surface area contributed by atoms with Gasteiger partial charge in [-0.2, -0.15) is 0 Å². The van der Waals surface area contributed by atoms with Crippen LogP contribution in [0.2, 0.25) is 0 Å². The third kappa shape index (κ3) is 15.4. The molecular formula is C144H96N6. The molecule has 0 aliphatic heterocycles. The lowest BCUT2D eigenvalue weighted by Gasteiger charge is -2.29. The molecule has 6 heteroatoms. The lowest BCUT2D eigenvalue weighted by molar-refractivity contribution is 1.18. The summed E-state index contributed by atoms with van der Waals surface area (Å²) in [5.74, 6) is 0. The van der Waals surface area contributed by atoms with Gasteiger partial charge in [0.2, 0.25) is 0 Å². The van der Waals surface area contributed by atoms with Crippen molar-refractivity contribution in [3.63, 3.8) is 0 Å². The molecule has 0 N–H and O–H groups in total. The van der Waals surface area contributed by atoms with E-state index in [1.807, 2.05) is 0 Å². The van der Waals surface area contributed by atoms with E-state index in [2.05, 4.69) is 610 Å². The maximum Gasteiger partial charge on any atom is 0.0547 e. The number of hydrogen-bond acceptors (Lipinski definition) is 2. The second kappa shape index (κ2) is 37.4. The summed E-state index contributed by atoms with van der Waals surface area (Å²) in [5, 5.41) is 17.0. The summed E-state index contributed by atoms with van der Waals surface area (Å²) in [6, 6.07) is 213. The Bertz CT molecular complexity index is 10200. The summed E-state index contributed by atoms with van der Waals surface area (Å²) in [4.78, 5) is 4.90. The quantitative estimate of drug-likeness (QED) is 0.0856. The molecule has 0 bridgehead atoms. The van der Waals surface area contributed by atoms with E-state index in [1.165, 1.54) is 209 Å². The number of benzene rings is 25. The van der Waals surface area contributed by atoms with Gasteiger partial charge in [0.05, 0.1) is 61.2 Å². The third-order valence-corrected chi connectivity index (χ3v) is 30.5. The van der Waals surface area contributed by atoms with Crippen LogP contribution < -0.4 is 9.80 Å². The second-order valence-corrected chi connectivity index (χ2v) is 38.9. The van der Waals surface area contributed by atoms with Crippen LogP contribution in [0.1, 0.15) is 0 Å². The Morgan fingerprint density at radius 1 is 0.107 bits per heavy atom. The van der Waals surface area contributed by atoms with E-state index < -0.39 is 0 Å². The molecule has 4 aromatic heterocycles. The Labute approximate surface area is 869 Å². The van der Waals surface area contributed by atoms with Gasteiger partial charge in [0, 0.05) is 99.1 Å². The number of nitrogens with zero attached hydrogens (tertiary/aromatic N) is 6. The minimum absolute atomic E-state index is 1.08. The molecule has 150 heavy (non-hydrogen) atoms. The molecule has 0 atom stereocenters. The van der Waals surface area contributed by atoms with Crippen LogP contribution in [-0.2, 0) is 0 Å². The highest BCUT2D eigenvalue weighted by molar-refractivity contribution is 6.18. The predicted molar refractivity (Wildman–Crippen MR) is 636 cm³/mol. The number of fused-ring (bicyclic) bond motifs is 15. The summed E-state index contributed by atoms with van der Waals surface area (Å²) in [6.07, 6.45) is 0. The van der Waals surface area contributed by atoms with E-state index in [4.69, 9.17) is 0 Å². The normalized spacial score (nSPS) is 11.6. The molecule has 0 aliphatic carbocycles. The first-order valence-corrected chi connectivity index (χ1v) is 51.6. The average Bonchev–Trinajstić information content (AvgIpc) is 1.70. The van der Waals surface area contributed by atoms with Gasteiger partial charge in [-0.05, 0) is 269 Å². The second-order valence-electron chi connectivity index (χ2n) is 38.9. The summed E-state index contributed by atoms with van der Waals surface area (Å²) >= 11 is 0. The van der Waals surface area contributed by atoms with Gasteiger partial charge in [-0.3, -0.25) is 0 Å². The van der Waals surface area contributed by atoms with Crippen molar-refractivity contribution in [2.45, 2.75) is 0 Å². The van der Waals surface area contributed by atoms with E-state index in [0.717, 1.165) is 56.9 Å². The lowest BCUT2D eigenvalue weighted by Crippen LogP contribution is -2.11. The van der Waals surface area contributed by atoms with Crippen LogP contribution in [0.25, 0.3) is 231 Å². The monoisotopic (exact) mass is 1910 g/mol. The molecule has 29 rings (SSSR count). The number of hydrogen-bond donors (Lipinski definition) is 0. The molecule has 6 nitrogen and oxygen atoms in total. The van der Waals surface area contributed by atoms with Crippen LogP contribution in [0.4, 0.5) is 34.1 Å². The molecule has 0 aliphatic rings. The zero-order valence-corrected chi connectivity index (χ0v) is 82.1. The summed E-state index contributed by atoms with van der Waals surface area (Å²) in [6.45, 7) is 0. The molecular weight excluding hydrogens is 1810 g/mol. The SMILES string of the molecule is c1ccc(-c2ccc(-c3ccc(N(c4ccc(-c5ccc6c(c5)c5ccccc5n6-c5ccccc5)c5ccccc45)c4ccc(-c5ccc6c7ccccc7n(-c7ccccc7)c6c5)c5ccccc45)cc3)cc2)cc1.c1ccc(-c2ccc(-c3ccc(N(c4ccc(-c5ccc6c(c5)c5ccccc5n6-c5ccccc5)cc4)c4ccc(-c5ccc6c7ccccc7n(-c7ccccc7)c6c5)c5ccccc45)cc3)cc2)cc1. The van der Waals surface area contributed by atoms with Crippen molar-refractivity contribution in [2.24, 2.45) is 0 Å². The van der Waals surface area contributed by atoms with Crippen molar-refractivity contribution in [3.05, 3.63) is 582 Å². The first kappa shape index (κ1) is 87.8. The molecule has 25 aromatic carbocycles. The van der Waals surface area contributed by atoms with Crippen LogP contribution in [-0.4, -0.2) is 18.3 Å². The molecule has 4 heterocycles. The number of rotatable bonds is 18. The fourth-order valence-electron chi connectivity index (χ4n) is 23.4. The largest absolute Gasteiger partial charge is 0.310 e. The van der Waals surface area contributed by atoms with Crippen molar-refractivity contribution in [2.75, 3.05) is 9.80 Å². The van der Waals surface area contributed by atoms with Crippen LogP contribution >= 0.6 is 0 Å². The number of para-hydroxylation sites is 8. The Hall–Kier alpha value is -19.9. The van der Waals surface area contributed by atoms with E-state index >= 15 is 0 Å². The summed E-state index contributed by atoms with van der Waals surface area (Å²) in [5.41, 5.74) is 39.8. The van der Waals surface area contributed by atoms with Gasteiger partial charge in [0.25, 0.3) is 0 Å². The molecule has 0 radical (unpaired) electrons. The van der Waals surface area contributed by atoms with Crippen molar-refractivity contribution in [1.29, 1.82) is 0 Å². The lowest BCUT2D eigenvalue weighted by atomic mass is 9.93. The average molecular weight is 1910 g/mol. The topological polar surface area (TPSA) is 26.2 Å². The zero-order chi connectivity index (χ0) is 99.1. The first-order chi connectivity index (χ1) is 74.4. The number of aromatic nitrogens is 4. The smallest absolute Gasteiger partial charge is 0.0547 e. The van der Waals surface area contributed by atoms with Gasteiger partial charge in [-0.1, -0.05) is 419 Å². The van der Waals surface area contributed by atoms with Crippen molar-refractivity contribution < 1.29 is 0 Å². The van der Waals surface area contributed by atoms with Crippen LogP contribution in [0, 0.1) is 0 Å². The Morgan fingerprint density at radius 3 is 0.633 bits per heavy atom. The maximum absolute atomic E-state index is 2.48. The molecule has 0 amide bonds. The van der Waals surface area contributed by atoms with Crippen molar-refractivity contribution >= 4 is 154 Å². The Morgan fingerprint density at radius 2 is 0.307 bits per heavy atom. The van der Waals surface area contributed by atoms with Gasteiger partial charge < -0.3 is 28.1 Å². The summed E-state index contributed by atoms with van der Waals surface area (Å²) in [7, 11) is 0. The Kier molecular flexibility index (Phi) is 21.9. The highest BCUT2D eigenvalue weighted by Gasteiger charge is 2.27. The zero-order valence-electron chi connectivity index (χ0n) is 82.1. The van der Waals surface area contributed by atoms with Gasteiger partial charge in [0.15, 0.2) is 0 Å². The fourth-order valence-corrected chi connectivity index (χ4v) is 23.4. The van der Waals surface area contributed by atoms with Gasteiger partial charge in [-0.15, -0.1) is 0 Å². The summed E-state index contributed by atoms with van der Waals surface area (Å²) < 4.78 is 9.57. The fraction of sp³-hybridized carbons (Fsp3) is 0. The third-order valence-electron chi connectivity index (χ3n) is 30.5. The molecule has 29 aromatic rings. The number of anilines is 6. The van der Waals surface area contributed by atoms with Crippen molar-refractivity contribution in [3.8, 4) is 112 Å². The van der Waals surface area contributed by atoms with Gasteiger partial charge >= 0.3 is 0 Å². The van der Waals surface area contributed by atoms with E-state index in [9.17, 15) is 0 Å². The Balaban J connectivity index is 0.000000144. The van der Waals surface area contributed by atoms with E-state index in [1.54, 1.807) is 0 Å². The van der Waals surface area contributed by atoms with Crippen LogP contribution in [0.15, 0.2) is 582 Å². The molecule has 0 saturated heterocycles. The molecule has 0 spiro atoms. The first-order valence-electron chi connectivity index (χ1n) is 51.6. The van der Waals surface area contributed by atoms with Gasteiger partial charge in [-0.25, -0.2) is 0 Å². The van der Waals surface area contributed by atoms with Gasteiger partial charge in [0.1, 0.15) is 0 Å². The minimum Gasteiger partial charge on any atom is -0.310 e. The highest BCUT2D eigenvalue weighted by Crippen LogP contribution is 2.51. The van der Waals surface area contributed by atoms with Crippen molar-refractivity contribution in [1.82, 2.24) is 18.3 Å². The van der Waals surface area contributed by atoms with E-state index in [-0.39, 0.29) is 0 Å². The standard InChI is InChI=1S/C74H49N3.C70H47N3/c1-4-18-50(19-5-1)51-32-34-52(35-33-51)53-36-40-58(41-37-53)76(71-46-43-59(61-24-10-12-26-63(61)71)54-39-45-73-68(48-54)66-29-15-17-31-70(66)75(73)56-20-6-2-7-21-56)72-47-44-60(62-25-11-13-27-64(62)72)55-38-42-67-65-28-14-16-30-69(65)77(74(67)49-55)57-22-8-3-9-23-57;1-4-16-48(17-5-1)49-28-30-50(31-29-49)51-32-38-57(39-33-51)71(58-40-34-52(35-41-58)53-37-44-69-65(46-53)63-25-13-15-27-67(63)72(69)55-18-6-2-7-19-55)68-45-43-59(60-22-10-11-23-61(60)68)54-36-42-64-62-24-12-14-26-66(62)73(70(64)47-54)56-20-8-3-9-21-56/h1-49H;1-47H. The van der Waals surface area contributed by atoms with Crippen LogP contribution in [0.5, 0.6) is 0 Å². The van der Waals surface area contributed by atoms with E-state index in [0.29, 0.717) is 0 Å². The molecule has 702 valence electrons. The van der Waals surface area contributed by atoms with Crippen LogP contribution in [0.3, 0.4) is 0 Å². The molecule has 0 unspecified atom stereocenters.